The maximum atomic E-state index is 6.01. The summed E-state index contributed by atoms with van der Waals surface area (Å²) in [6.07, 6.45) is 2.04. The fraction of sp³-hybridized carbons (Fsp3) is 0.600. The van der Waals surface area contributed by atoms with Gasteiger partial charge in [0.15, 0.2) is 0 Å². The van der Waals surface area contributed by atoms with Crippen LogP contribution < -0.4 is 5.73 Å². The van der Waals surface area contributed by atoms with Crippen LogP contribution in [0.15, 0.2) is 23.1 Å². The second-order valence-corrected chi connectivity index (χ2v) is 6.26. The van der Waals surface area contributed by atoms with Gasteiger partial charge in [0, 0.05) is 16.7 Å². The Labute approximate surface area is 110 Å². The van der Waals surface area contributed by atoms with E-state index in [0.717, 1.165) is 18.8 Å². The van der Waals surface area contributed by atoms with E-state index in [0.29, 0.717) is 6.04 Å². The van der Waals surface area contributed by atoms with Gasteiger partial charge in [-0.15, -0.1) is 11.8 Å². The van der Waals surface area contributed by atoms with Crippen molar-refractivity contribution in [3.8, 4) is 0 Å². The predicted molar refractivity (Wildman–Crippen MR) is 78.7 cm³/mol. The molecule has 0 bridgehead atoms. The van der Waals surface area contributed by atoms with Crippen molar-refractivity contribution in [3.05, 3.63) is 29.3 Å². The molecule has 2 heteroatoms. The molecule has 1 nitrogen and oxygen atoms in total. The number of hydrogen-bond acceptors (Lipinski definition) is 2. The van der Waals surface area contributed by atoms with Gasteiger partial charge in [0.1, 0.15) is 0 Å². The SMILES string of the molecule is CCC(N)Cc1ccc(SCC(C)C)cc1C. The molecule has 0 saturated carbocycles. The topological polar surface area (TPSA) is 26.0 Å². The van der Waals surface area contributed by atoms with Gasteiger partial charge in [-0.2, -0.15) is 0 Å². The van der Waals surface area contributed by atoms with E-state index in [1.165, 1.54) is 21.8 Å². The first-order valence-corrected chi connectivity index (χ1v) is 7.49. The van der Waals surface area contributed by atoms with E-state index in [1.54, 1.807) is 0 Å². The summed E-state index contributed by atoms with van der Waals surface area (Å²) >= 11 is 1.94. The van der Waals surface area contributed by atoms with Crippen LogP contribution in [0.2, 0.25) is 0 Å². The molecule has 96 valence electrons. The van der Waals surface area contributed by atoms with Crippen LogP contribution in [0, 0.1) is 12.8 Å². The summed E-state index contributed by atoms with van der Waals surface area (Å²) in [6, 6.07) is 7.07. The van der Waals surface area contributed by atoms with Gasteiger partial charge in [0.25, 0.3) is 0 Å². The van der Waals surface area contributed by atoms with Crippen molar-refractivity contribution in [1.29, 1.82) is 0 Å². The molecule has 1 unspecified atom stereocenters. The van der Waals surface area contributed by atoms with E-state index in [1.807, 2.05) is 11.8 Å². The Morgan fingerprint density at radius 2 is 2.00 bits per heavy atom. The second-order valence-electron chi connectivity index (χ2n) is 5.17. The highest BCUT2D eigenvalue weighted by atomic mass is 32.2. The third-order valence-electron chi connectivity index (χ3n) is 2.90. The third kappa shape index (κ3) is 5.13. The van der Waals surface area contributed by atoms with Crippen LogP contribution in [0.4, 0.5) is 0 Å². The molecule has 17 heavy (non-hydrogen) atoms. The maximum absolute atomic E-state index is 6.01. The first kappa shape index (κ1) is 14.6. The zero-order chi connectivity index (χ0) is 12.8. The average molecular weight is 251 g/mol. The normalized spacial score (nSPS) is 13.1. The number of aryl methyl sites for hydroxylation is 1. The van der Waals surface area contributed by atoms with Gasteiger partial charge in [0.2, 0.25) is 0 Å². The van der Waals surface area contributed by atoms with Crippen LogP contribution in [0.5, 0.6) is 0 Å². The molecule has 1 aromatic carbocycles. The van der Waals surface area contributed by atoms with Gasteiger partial charge >= 0.3 is 0 Å². The van der Waals surface area contributed by atoms with E-state index in [4.69, 9.17) is 5.73 Å². The van der Waals surface area contributed by atoms with Crippen molar-refractivity contribution >= 4 is 11.8 Å². The van der Waals surface area contributed by atoms with Gasteiger partial charge in [-0.05, 0) is 48.9 Å². The van der Waals surface area contributed by atoms with E-state index in [2.05, 4.69) is 45.9 Å². The Morgan fingerprint density at radius 3 is 2.53 bits per heavy atom. The van der Waals surface area contributed by atoms with Crippen LogP contribution >= 0.6 is 11.8 Å². The van der Waals surface area contributed by atoms with Gasteiger partial charge < -0.3 is 5.73 Å². The minimum absolute atomic E-state index is 0.294. The first-order valence-electron chi connectivity index (χ1n) is 6.50. The number of rotatable bonds is 6. The number of nitrogens with two attached hydrogens (primary N) is 1. The average Bonchev–Trinajstić information content (AvgIpc) is 2.29. The fourth-order valence-electron chi connectivity index (χ4n) is 1.68. The van der Waals surface area contributed by atoms with E-state index >= 15 is 0 Å². The van der Waals surface area contributed by atoms with Crippen molar-refractivity contribution in [2.75, 3.05) is 5.75 Å². The summed E-state index contributed by atoms with van der Waals surface area (Å²) in [5.41, 5.74) is 8.78. The first-order chi connectivity index (χ1) is 8.02. The monoisotopic (exact) mass is 251 g/mol. The number of thioether (sulfide) groups is 1. The second kappa shape index (κ2) is 7.07. The van der Waals surface area contributed by atoms with Gasteiger partial charge in [0.05, 0.1) is 0 Å². The lowest BCUT2D eigenvalue weighted by Gasteiger charge is -2.13. The highest BCUT2D eigenvalue weighted by Crippen LogP contribution is 2.23. The quantitative estimate of drug-likeness (QED) is 0.773. The number of benzene rings is 1. The largest absolute Gasteiger partial charge is 0.327 e. The summed E-state index contributed by atoms with van der Waals surface area (Å²) < 4.78 is 0. The van der Waals surface area contributed by atoms with Gasteiger partial charge in [-0.3, -0.25) is 0 Å². The molecule has 0 saturated heterocycles. The molecule has 1 atom stereocenters. The highest BCUT2D eigenvalue weighted by molar-refractivity contribution is 7.99. The summed E-state index contributed by atoms with van der Waals surface area (Å²) in [4.78, 5) is 1.38. The minimum Gasteiger partial charge on any atom is -0.327 e. The molecule has 0 aliphatic heterocycles. The van der Waals surface area contributed by atoms with Gasteiger partial charge in [-0.25, -0.2) is 0 Å². The van der Waals surface area contributed by atoms with Crippen molar-refractivity contribution in [2.24, 2.45) is 11.7 Å². The molecule has 2 N–H and O–H groups in total. The molecule has 0 amide bonds. The van der Waals surface area contributed by atoms with E-state index < -0.39 is 0 Å². The molecule has 0 aromatic heterocycles. The summed E-state index contributed by atoms with van der Waals surface area (Å²) in [5.74, 6) is 1.93. The van der Waals surface area contributed by atoms with Gasteiger partial charge in [-0.1, -0.05) is 26.8 Å². The molecule has 0 heterocycles. The Kier molecular flexibility index (Phi) is 6.07. The van der Waals surface area contributed by atoms with Crippen LogP contribution in [-0.2, 0) is 6.42 Å². The summed E-state index contributed by atoms with van der Waals surface area (Å²) in [7, 11) is 0. The van der Waals surface area contributed by atoms with Crippen LogP contribution in [0.25, 0.3) is 0 Å². The molecule has 0 aliphatic rings. The Bertz CT molecular complexity index is 347. The Morgan fingerprint density at radius 1 is 1.29 bits per heavy atom. The van der Waals surface area contributed by atoms with Crippen molar-refractivity contribution < 1.29 is 0 Å². The van der Waals surface area contributed by atoms with E-state index in [9.17, 15) is 0 Å². The van der Waals surface area contributed by atoms with Crippen molar-refractivity contribution in [2.45, 2.75) is 51.5 Å². The lowest BCUT2D eigenvalue weighted by atomic mass is 10.0. The lowest BCUT2D eigenvalue weighted by molar-refractivity contribution is 0.644. The molecule has 0 spiro atoms. The zero-order valence-electron chi connectivity index (χ0n) is 11.5. The molecule has 1 aromatic rings. The molecule has 0 fully saturated rings. The zero-order valence-corrected chi connectivity index (χ0v) is 12.3. The molecular formula is C15H25NS. The third-order valence-corrected chi connectivity index (χ3v) is 4.32. The summed E-state index contributed by atoms with van der Waals surface area (Å²) in [6.45, 7) is 8.85. The van der Waals surface area contributed by atoms with Crippen molar-refractivity contribution in [3.63, 3.8) is 0 Å². The standard InChI is InChI=1S/C15H25NS/c1-5-14(16)9-13-6-7-15(8-12(13)4)17-10-11(2)3/h6-8,11,14H,5,9-10,16H2,1-4H3. The Hall–Kier alpha value is -0.470. The van der Waals surface area contributed by atoms with Crippen molar-refractivity contribution in [1.82, 2.24) is 0 Å². The minimum atomic E-state index is 0.294. The smallest absolute Gasteiger partial charge is 0.00767 e. The van der Waals surface area contributed by atoms with Crippen LogP contribution in [-0.4, -0.2) is 11.8 Å². The van der Waals surface area contributed by atoms with E-state index in [-0.39, 0.29) is 0 Å². The fourth-order valence-corrected chi connectivity index (χ4v) is 2.63. The summed E-state index contributed by atoms with van der Waals surface area (Å²) in [5, 5.41) is 0. The molecular weight excluding hydrogens is 226 g/mol. The maximum Gasteiger partial charge on any atom is 0.00767 e. The lowest BCUT2D eigenvalue weighted by Crippen LogP contribution is -2.21. The highest BCUT2D eigenvalue weighted by Gasteiger charge is 2.05. The van der Waals surface area contributed by atoms with Crippen LogP contribution in [0.1, 0.15) is 38.3 Å². The number of hydrogen-bond donors (Lipinski definition) is 1. The Balaban J connectivity index is 2.65. The molecule has 1 rings (SSSR count). The molecule has 0 aliphatic carbocycles. The van der Waals surface area contributed by atoms with Crippen LogP contribution in [0.3, 0.4) is 0 Å². The molecule has 0 radical (unpaired) electrons. The predicted octanol–water partition coefficient (Wildman–Crippen LogP) is 4.02.